The molecule has 0 atom stereocenters. The maximum atomic E-state index is 12.4. The number of fused-ring (bicyclic) bond motifs is 1. The number of amides is 1. The molecular weight excluding hydrogens is 330 g/mol. The number of nitrogens with zero attached hydrogens (tertiary/aromatic N) is 3. The molecule has 0 spiro atoms. The van der Waals surface area contributed by atoms with Crippen molar-refractivity contribution in [3.8, 4) is 0 Å². The number of rotatable bonds is 5. The second kappa shape index (κ2) is 7.37. The van der Waals surface area contributed by atoms with E-state index < -0.39 is 0 Å². The molecule has 2 aromatic rings. The lowest BCUT2D eigenvalue weighted by Crippen LogP contribution is -2.31. The molecule has 1 aliphatic rings. The predicted octanol–water partition coefficient (Wildman–Crippen LogP) is 1.37. The van der Waals surface area contributed by atoms with E-state index in [1.165, 1.54) is 18.1 Å². The average molecular weight is 355 g/mol. The van der Waals surface area contributed by atoms with Gasteiger partial charge in [0.25, 0.3) is 0 Å². The van der Waals surface area contributed by atoms with Crippen molar-refractivity contribution in [2.24, 2.45) is 0 Å². The van der Waals surface area contributed by atoms with Gasteiger partial charge < -0.3 is 10.6 Å². The fourth-order valence-electron chi connectivity index (χ4n) is 3.62. The molecule has 1 amide bonds. The van der Waals surface area contributed by atoms with Gasteiger partial charge in [0.15, 0.2) is 5.78 Å². The topological polar surface area (TPSA) is 88.9 Å². The van der Waals surface area contributed by atoms with E-state index in [-0.39, 0.29) is 18.2 Å². The minimum Gasteiger partial charge on any atom is -0.350 e. The summed E-state index contributed by atoms with van der Waals surface area (Å²) in [5, 5.41) is 10.6. The molecule has 0 radical (unpaired) electrons. The van der Waals surface area contributed by atoms with E-state index in [4.69, 9.17) is 0 Å². The van der Waals surface area contributed by atoms with Gasteiger partial charge in [0, 0.05) is 30.7 Å². The van der Waals surface area contributed by atoms with Crippen LogP contribution in [-0.4, -0.2) is 33.0 Å². The monoisotopic (exact) mass is 355 g/mol. The zero-order valence-corrected chi connectivity index (χ0v) is 15.8. The minimum atomic E-state index is -0.128. The van der Waals surface area contributed by atoms with Crippen LogP contribution in [0.15, 0.2) is 6.20 Å². The Morgan fingerprint density at radius 1 is 1.27 bits per heavy atom. The summed E-state index contributed by atoms with van der Waals surface area (Å²) >= 11 is 0. The van der Waals surface area contributed by atoms with Gasteiger partial charge in [-0.15, -0.1) is 0 Å². The van der Waals surface area contributed by atoms with Gasteiger partial charge in [-0.25, -0.2) is 0 Å². The third-order valence-electron chi connectivity index (χ3n) is 4.96. The average Bonchev–Trinajstić information content (AvgIpc) is 2.87. The van der Waals surface area contributed by atoms with Gasteiger partial charge in [-0.2, -0.15) is 5.10 Å². The number of pyridine rings is 1. The van der Waals surface area contributed by atoms with Crippen molar-refractivity contribution in [2.45, 2.75) is 53.8 Å². The van der Waals surface area contributed by atoms with E-state index in [0.717, 1.165) is 36.5 Å². The molecule has 3 heterocycles. The zero-order valence-electron chi connectivity index (χ0n) is 15.8. The van der Waals surface area contributed by atoms with E-state index in [1.54, 1.807) is 11.6 Å². The summed E-state index contributed by atoms with van der Waals surface area (Å²) in [5.74, 6) is -0.158. The minimum absolute atomic E-state index is 0.0297. The van der Waals surface area contributed by atoms with Crippen molar-refractivity contribution < 1.29 is 9.59 Å². The van der Waals surface area contributed by atoms with Crippen molar-refractivity contribution in [2.75, 3.05) is 6.54 Å². The Labute approximate surface area is 153 Å². The maximum Gasteiger partial charge on any atom is 0.242 e. The van der Waals surface area contributed by atoms with Crippen LogP contribution in [0, 0.1) is 20.8 Å². The van der Waals surface area contributed by atoms with Gasteiger partial charge in [-0.1, -0.05) is 0 Å². The fourth-order valence-corrected chi connectivity index (χ4v) is 3.62. The number of ketones is 1. The van der Waals surface area contributed by atoms with Crippen molar-refractivity contribution in [3.05, 3.63) is 45.5 Å². The Morgan fingerprint density at radius 2 is 2.04 bits per heavy atom. The molecule has 0 saturated heterocycles. The van der Waals surface area contributed by atoms with Crippen LogP contribution in [0.3, 0.4) is 0 Å². The van der Waals surface area contributed by atoms with Crippen LogP contribution < -0.4 is 10.6 Å². The fraction of sp³-hybridized carbons (Fsp3) is 0.474. The summed E-state index contributed by atoms with van der Waals surface area (Å²) < 4.78 is 1.59. The van der Waals surface area contributed by atoms with Crippen LogP contribution in [0.25, 0.3) is 0 Å². The Morgan fingerprint density at radius 3 is 2.73 bits per heavy atom. The Kier molecular flexibility index (Phi) is 5.18. The van der Waals surface area contributed by atoms with E-state index in [2.05, 4.69) is 20.7 Å². The van der Waals surface area contributed by atoms with Gasteiger partial charge >= 0.3 is 0 Å². The number of aryl methyl sites for hydroxylation is 2. The highest BCUT2D eigenvalue weighted by Crippen LogP contribution is 2.20. The lowest BCUT2D eigenvalue weighted by atomic mass is 9.96. The summed E-state index contributed by atoms with van der Waals surface area (Å²) in [7, 11) is 0. The zero-order chi connectivity index (χ0) is 18.8. The first-order chi connectivity index (χ1) is 12.4. The lowest BCUT2D eigenvalue weighted by molar-refractivity contribution is -0.122. The molecule has 0 aromatic carbocycles. The highest BCUT2D eigenvalue weighted by Gasteiger charge is 2.18. The van der Waals surface area contributed by atoms with E-state index in [1.807, 2.05) is 20.0 Å². The largest absolute Gasteiger partial charge is 0.350 e. The molecule has 0 aliphatic carbocycles. The van der Waals surface area contributed by atoms with Gasteiger partial charge in [-0.05, 0) is 57.4 Å². The highest BCUT2D eigenvalue weighted by atomic mass is 16.2. The third-order valence-corrected chi connectivity index (χ3v) is 4.96. The van der Waals surface area contributed by atoms with Crippen LogP contribution in [0.5, 0.6) is 0 Å². The summed E-state index contributed by atoms with van der Waals surface area (Å²) in [6.45, 7) is 9.42. The van der Waals surface area contributed by atoms with Crippen molar-refractivity contribution in [1.82, 2.24) is 25.4 Å². The van der Waals surface area contributed by atoms with Crippen LogP contribution in [-0.2, 0) is 30.8 Å². The number of Topliss-reactive ketones (excluding diaryl/α,β-unsaturated/α-hetero) is 1. The predicted molar refractivity (Wildman–Crippen MR) is 97.9 cm³/mol. The van der Waals surface area contributed by atoms with Gasteiger partial charge in [0.05, 0.1) is 11.3 Å². The van der Waals surface area contributed by atoms with Crippen LogP contribution in [0.2, 0.25) is 0 Å². The van der Waals surface area contributed by atoms with Crippen molar-refractivity contribution in [3.63, 3.8) is 0 Å². The third kappa shape index (κ3) is 3.53. The molecule has 2 aromatic heterocycles. The number of hydrogen-bond donors (Lipinski definition) is 2. The lowest BCUT2D eigenvalue weighted by Gasteiger charge is -2.21. The summed E-state index contributed by atoms with van der Waals surface area (Å²) in [4.78, 5) is 28.6. The van der Waals surface area contributed by atoms with Crippen molar-refractivity contribution >= 4 is 11.7 Å². The van der Waals surface area contributed by atoms with Gasteiger partial charge in [0.2, 0.25) is 5.91 Å². The Balaban J connectivity index is 1.71. The first-order valence-electron chi connectivity index (χ1n) is 8.87. The molecule has 138 valence electrons. The molecule has 0 fully saturated rings. The molecule has 2 N–H and O–H groups in total. The van der Waals surface area contributed by atoms with E-state index in [0.29, 0.717) is 17.8 Å². The summed E-state index contributed by atoms with van der Waals surface area (Å²) in [5.41, 5.74) is 6.55. The smallest absolute Gasteiger partial charge is 0.242 e. The second-order valence-electron chi connectivity index (χ2n) is 6.79. The first kappa shape index (κ1) is 18.3. The van der Waals surface area contributed by atoms with Crippen LogP contribution in [0.4, 0.5) is 0 Å². The van der Waals surface area contributed by atoms with Gasteiger partial charge in [-0.3, -0.25) is 19.3 Å². The number of aromatic nitrogens is 3. The number of carbonyl (C=O) groups is 2. The SMILES string of the molecule is CC(=O)c1c(C)nn(CC(=O)NCc2c(C)ncc3c2CCNC3)c1C. The molecule has 1 aliphatic heterocycles. The molecular formula is C19H25N5O2. The van der Waals surface area contributed by atoms with E-state index in [9.17, 15) is 9.59 Å². The maximum absolute atomic E-state index is 12.4. The van der Waals surface area contributed by atoms with E-state index >= 15 is 0 Å². The Hall–Kier alpha value is -2.54. The quantitative estimate of drug-likeness (QED) is 0.791. The standard InChI is InChI=1S/C19H25N5O2/c1-11-17(16-5-6-20-7-15(16)8-21-11)9-22-18(26)10-24-13(3)19(14(4)25)12(2)23-24/h8,20H,5-7,9-10H2,1-4H3,(H,22,26). The second-order valence-corrected chi connectivity index (χ2v) is 6.79. The number of carbonyl (C=O) groups excluding carboxylic acids is 2. The molecule has 0 saturated carbocycles. The summed E-state index contributed by atoms with van der Waals surface area (Å²) in [6.07, 6.45) is 2.87. The Bertz CT molecular complexity index is 869. The molecule has 0 unspecified atom stereocenters. The molecule has 7 heteroatoms. The normalized spacial score (nSPS) is 13.4. The van der Waals surface area contributed by atoms with Crippen LogP contribution in [0.1, 0.15) is 51.1 Å². The number of nitrogens with one attached hydrogen (secondary N) is 2. The molecule has 26 heavy (non-hydrogen) atoms. The number of hydrogen-bond acceptors (Lipinski definition) is 5. The van der Waals surface area contributed by atoms with Crippen LogP contribution >= 0.6 is 0 Å². The first-order valence-corrected chi connectivity index (χ1v) is 8.87. The molecule has 0 bridgehead atoms. The molecule has 3 rings (SSSR count). The van der Waals surface area contributed by atoms with Gasteiger partial charge in [0.1, 0.15) is 6.54 Å². The molecule has 7 nitrogen and oxygen atoms in total. The summed E-state index contributed by atoms with van der Waals surface area (Å²) in [6, 6.07) is 0. The van der Waals surface area contributed by atoms with Crippen molar-refractivity contribution in [1.29, 1.82) is 0 Å². The highest BCUT2D eigenvalue weighted by molar-refractivity contribution is 5.96.